The van der Waals surface area contributed by atoms with E-state index in [0.717, 1.165) is 0 Å². The summed E-state index contributed by atoms with van der Waals surface area (Å²) in [6, 6.07) is 64.0. The maximum atomic E-state index is 2.53. The van der Waals surface area contributed by atoms with E-state index in [4.69, 9.17) is 0 Å². The molecule has 0 heteroatoms. The van der Waals surface area contributed by atoms with Gasteiger partial charge >= 0.3 is 0 Å². The lowest BCUT2D eigenvalue weighted by Crippen LogP contribution is -1.91. The van der Waals surface area contributed by atoms with Crippen molar-refractivity contribution in [1.82, 2.24) is 0 Å². The summed E-state index contributed by atoms with van der Waals surface area (Å²) in [7, 11) is 0. The van der Waals surface area contributed by atoms with E-state index < -0.39 is 0 Å². The summed E-state index contributed by atoms with van der Waals surface area (Å²) < 4.78 is 0. The van der Waals surface area contributed by atoms with Gasteiger partial charge in [-0.15, -0.1) is 0 Å². The Kier molecular flexibility index (Phi) is 6.70. The highest BCUT2D eigenvalue weighted by atomic mass is 14.3. The fourth-order valence-corrected chi connectivity index (χ4v) is 10.2. The van der Waals surface area contributed by atoms with Crippen LogP contribution in [-0.4, -0.2) is 0 Å². The van der Waals surface area contributed by atoms with Crippen molar-refractivity contribution < 1.29 is 0 Å². The van der Waals surface area contributed by atoms with Gasteiger partial charge in [0.2, 0.25) is 0 Å². The molecule has 258 valence electrons. The van der Waals surface area contributed by atoms with Crippen LogP contribution in [0.3, 0.4) is 0 Å². The third kappa shape index (κ3) is 4.23. The summed E-state index contributed by atoms with van der Waals surface area (Å²) in [4.78, 5) is 0. The first-order valence-corrected chi connectivity index (χ1v) is 19.0. The molecule has 0 unspecified atom stereocenters. The molecule has 0 fully saturated rings. The SMILES string of the molecule is C.Cc1cccc(C)c1-c1ccc2c(c1)cc1c3c(-c4ccccc4)c4c(cc5c6ccccc6c6cccc4c65)c(-c4ccccc4)c3c3cccc2c31. The van der Waals surface area contributed by atoms with Gasteiger partial charge < -0.3 is 0 Å². The molecule has 0 amide bonds. The Morgan fingerprint density at radius 2 is 0.764 bits per heavy atom. The molecule has 55 heavy (non-hydrogen) atoms. The largest absolute Gasteiger partial charge is 0.0776 e. The fourth-order valence-electron chi connectivity index (χ4n) is 10.2. The third-order valence-corrected chi connectivity index (χ3v) is 12.3. The van der Waals surface area contributed by atoms with Gasteiger partial charge in [-0.25, -0.2) is 0 Å². The van der Waals surface area contributed by atoms with E-state index in [1.54, 1.807) is 0 Å². The van der Waals surface area contributed by atoms with E-state index in [0.29, 0.717) is 0 Å². The van der Waals surface area contributed by atoms with Crippen LogP contribution < -0.4 is 0 Å². The standard InChI is InChI=1S/C54H34.CH4/c1-31-14-11-15-32(2)47(31)35-26-27-37-36(28-35)29-45-51-40(37)22-12-25-43(51)53-48(33-16-5-3-6-17-33)46-30-44-39-21-10-9-20-38(39)41-23-13-24-42(50(41)44)52(46)49(54(45)53)34-18-7-4-8-19-34;/h3-30H,1-2H3;1H4. The maximum absolute atomic E-state index is 2.53. The molecule has 0 aliphatic carbocycles. The molecular formula is C55H38. The van der Waals surface area contributed by atoms with Gasteiger partial charge in [0, 0.05) is 0 Å². The Morgan fingerprint density at radius 3 is 1.45 bits per heavy atom. The van der Waals surface area contributed by atoms with E-state index in [9.17, 15) is 0 Å². The Labute approximate surface area is 320 Å². The van der Waals surface area contributed by atoms with Crippen molar-refractivity contribution in [3.63, 3.8) is 0 Å². The minimum absolute atomic E-state index is 0. The predicted molar refractivity (Wildman–Crippen MR) is 241 cm³/mol. The lowest BCUT2D eigenvalue weighted by atomic mass is 9.83. The minimum Gasteiger partial charge on any atom is -0.0776 e. The van der Waals surface area contributed by atoms with E-state index in [1.807, 2.05) is 0 Å². The summed E-state index contributed by atoms with van der Waals surface area (Å²) in [5, 5.41) is 21.2. The van der Waals surface area contributed by atoms with Gasteiger partial charge in [-0.3, -0.25) is 0 Å². The molecule has 12 rings (SSSR count). The third-order valence-electron chi connectivity index (χ3n) is 12.3. The van der Waals surface area contributed by atoms with Crippen LogP contribution in [-0.2, 0) is 0 Å². The second-order valence-corrected chi connectivity index (χ2v) is 15.2. The van der Waals surface area contributed by atoms with Gasteiger partial charge in [-0.05, 0) is 163 Å². The highest BCUT2D eigenvalue weighted by Crippen LogP contribution is 2.55. The second-order valence-electron chi connectivity index (χ2n) is 15.2. The van der Waals surface area contributed by atoms with Crippen molar-refractivity contribution in [2.45, 2.75) is 21.3 Å². The molecule has 0 spiro atoms. The fraction of sp³-hybridized carbons (Fsp3) is 0.0545. The highest BCUT2D eigenvalue weighted by molar-refractivity contribution is 6.46. The van der Waals surface area contributed by atoms with E-state index in [1.165, 1.54) is 131 Å². The van der Waals surface area contributed by atoms with Gasteiger partial charge in [0.25, 0.3) is 0 Å². The van der Waals surface area contributed by atoms with Gasteiger partial charge in [-0.1, -0.05) is 159 Å². The maximum Gasteiger partial charge on any atom is -0.000697 e. The van der Waals surface area contributed by atoms with Crippen LogP contribution in [0.2, 0.25) is 0 Å². The van der Waals surface area contributed by atoms with Crippen molar-refractivity contribution in [1.29, 1.82) is 0 Å². The normalized spacial score (nSPS) is 12.0. The second kappa shape index (κ2) is 11.6. The Balaban J connectivity index is 0.00000352. The van der Waals surface area contributed by atoms with Gasteiger partial charge in [0.1, 0.15) is 0 Å². The molecule has 0 saturated carbocycles. The summed E-state index contributed by atoms with van der Waals surface area (Å²) in [5.74, 6) is 0. The molecular weight excluding hydrogens is 661 g/mol. The average Bonchev–Trinajstić information content (AvgIpc) is 3.71. The molecule has 0 aromatic heterocycles. The Morgan fingerprint density at radius 1 is 0.255 bits per heavy atom. The molecule has 0 N–H and O–H groups in total. The van der Waals surface area contributed by atoms with Crippen molar-refractivity contribution in [3.05, 3.63) is 181 Å². The molecule has 12 aromatic rings. The summed E-state index contributed by atoms with van der Waals surface area (Å²) >= 11 is 0. The predicted octanol–water partition coefficient (Wildman–Crippen LogP) is 16.0. The molecule has 12 aromatic carbocycles. The summed E-state index contributed by atoms with van der Waals surface area (Å²) in [6.45, 7) is 4.46. The topological polar surface area (TPSA) is 0 Å². The van der Waals surface area contributed by atoms with Crippen LogP contribution in [0.1, 0.15) is 18.6 Å². The van der Waals surface area contributed by atoms with Crippen LogP contribution in [0.5, 0.6) is 0 Å². The smallest absolute Gasteiger partial charge is 0.000697 e. The van der Waals surface area contributed by atoms with Crippen molar-refractivity contribution in [2.24, 2.45) is 0 Å². The van der Waals surface area contributed by atoms with Gasteiger partial charge in [-0.2, -0.15) is 0 Å². The van der Waals surface area contributed by atoms with Crippen molar-refractivity contribution >= 4 is 86.2 Å². The monoisotopic (exact) mass is 698 g/mol. The van der Waals surface area contributed by atoms with Crippen LogP contribution >= 0.6 is 0 Å². The number of rotatable bonds is 3. The van der Waals surface area contributed by atoms with Gasteiger partial charge in [0.05, 0.1) is 0 Å². The molecule has 0 heterocycles. The van der Waals surface area contributed by atoms with Crippen molar-refractivity contribution in [2.75, 3.05) is 0 Å². The Hall–Kier alpha value is -6.76. The highest BCUT2D eigenvalue weighted by Gasteiger charge is 2.27. The van der Waals surface area contributed by atoms with Crippen LogP contribution in [0, 0.1) is 13.8 Å². The number of hydrogen-bond acceptors (Lipinski definition) is 0. The zero-order chi connectivity index (χ0) is 35.7. The molecule has 0 aliphatic heterocycles. The van der Waals surface area contributed by atoms with Crippen LogP contribution in [0.25, 0.3) is 120 Å². The van der Waals surface area contributed by atoms with E-state index in [-0.39, 0.29) is 7.43 Å². The first-order valence-electron chi connectivity index (χ1n) is 19.0. The molecule has 0 bridgehead atoms. The molecule has 0 saturated heterocycles. The molecule has 0 aliphatic rings. The first-order chi connectivity index (χ1) is 26.7. The Bertz CT molecular complexity index is 3460. The number of aryl methyl sites for hydroxylation is 2. The quantitative estimate of drug-likeness (QED) is 0.161. The summed E-state index contributed by atoms with van der Waals surface area (Å²) in [6.07, 6.45) is 0. The zero-order valence-corrected chi connectivity index (χ0v) is 30.2. The number of fused-ring (bicyclic) bond motifs is 10. The average molecular weight is 699 g/mol. The van der Waals surface area contributed by atoms with Gasteiger partial charge in [0.15, 0.2) is 0 Å². The lowest BCUT2D eigenvalue weighted by molar-refractivity contribution is 1.38. The molecule has 0 radical (unpaired) electrons. The number of hydrogen-bond donors (Lipinski definition) is 0. The lowest BCUT2D eigenvalue weighted by Gasteiger charge is -2.19. The van der Waals surface area contributed by atoms with E-state index >= 15 is 0 Å². The molecule has 0 atom stereocenters. The van der Waals surface area contributed by atoms with E-state index in [2.05, 4.69) is 184 Å². The summed E-state index contributed by atoms with van der Waals surface area (Å²) in [5.41, 5.74) is 10.4. The first kappa shape index (κ1) is 31.7. The van der Waals surface area contributed by atoms with Crippen LogP contribution in [0.15, 0.2) is 170 Å². The van der Waals surface area contributed by atoms with Crippen LogP contribution in [0.4, 0.5) is 0 Å². The van der Waals surface area contributed by atoms with Crippen molar-refractivity contribution in [3.8, 4) is 33.4 Å². The minimum atomic E-state index is 0. The molecule has 0 nitrogen and oxygen atoms in total. The number of benzene rings is 10. The zero-order valence-electron chi connectivity index (χ0n) is 30.2.